The monoisotopic (exact) mass is 407 g/mol. The van der Waals surface area contributed by atoms with Gasteiger partial charge < -0.3 is 10.2 Å². The molecule has 1 N–H and O–H groups in total. The molecule has 0 aliphatic carbocycles. The molecule has 0 saturated heterocycles. The Balaban J connectivity index is 1.50. The summed E-state index contributed by atoms with van der Waals surface area (Å²) in [6.07, 6.45) is 3.71. The molecule has 0 radical (unpaired) electrons. The molecule has 1 unspecified atom stereocenters. The van der Waals surface area contributed by atoms with E-state index in [1.54, 1.807) is 23.2 Å². The average molecular weight is 407 g/mol. The molecule has 4 rings (SSSR count). The van der Waals surface area contributed by atoms with Crippen molar-refractivity contribution in [2.45, 2.75) is 19.4 Å². The first-order valence-corrected chi connectivity index (χ1v) is 9.96. The highest BCUT2D eigenvalue weighted by Crippen LogP contribution is 2.33. The smallest absolute Gasteiger partial charge is 0.228 e. The molecule has 2 amide bonds. The molecule has 0 saturated carbocycles. The fourth-order valence-electron chi connectivity index (χ4n) is 3.34. The van der Waals surface area contributed by atoms with Crippen LogP contribution in [0.3, 0.4) is 0 Å². The quantitative estimate of drug-likeness (QED) is 0.672. The molecule has 3 aromatic rings. The van der Waals surface area contributed by atoms with Gasteiger partial charge in [0, 0.05) is 24.1 Å². The molecule has 2 heterocycles. The average Bonchev–Trinajstić information content (AvgIpc) is 3.16. The van der Waals surface area contributed by atoms with Gasteiger partial charge in [-0.15, -0.1) is 11.3 Å². The standard InChI is InChI=1S/C22H18FN3O2S/c1-14(27)26-11-10-15-4-2-3-5-18(15)20(26)12-21(28)25-22-24-19(13-29-22)16-6-8-17(23)9-7-16/h2-11,13,20H,12H2,1H3,(H,24,25,28). The summed E-state index contributed by atoms with van der Waals surface area (Å²) < 4.78 is 13.1. The van der Waals surface area contributed by atoms with E-state index in [9.17, 15) is 14.0 Å². The Labute approximate surface area is 171 Å². The molecule has 1 aliphatic rings. The van der Waals surface area contributed by atoms with Crippen molar-refractivity contribution in [3.05, 3.63) is 77.1 Å². The number of nitrogens with zero attached hydrogens (tertiary/aromatic N) is 2. The predicted octanol–water partition coefficient (Wildman–Crippen LogP) is 4.85. The van der Waals surface area contributed by atoms with Crippen LogP contribution in [-0.4, -0.2) is 21.7 Å². The second kappa shape index (κ2) is 7.97. The number of anilines is 1. The highest BCUT2D eigenvalue weighted by atomic mass is 32.1. The molecule has 146 valence electrons. The van der Waals surface area contributed by atoms with Gasteiger partial charge in [-0.2, -0.15) is 0 Å². The van der Waals surface area contributed by atoms with Crippen LogP contribution in [0, 0.1) is 5.82 Å². The van der Waals surface area contributed by atoms with E-state index in [0.29, 0.717) is 10.8 Å². The third-order valence-electron chi connectivity index (χ3n) is 4.74. The fourth-order valence-corrected chi connectivity index (χ4v) is 4.08. The van der Waals surface area contributed by atoms with Gasteiger partial charge in [-0.05, 0) is 41.5 Å². The molecular weight excluding hydrogens is 389 g/mol. The van der Waals surface area contributed by atoms with Crippen LogP contribution < -0.4 is 5.32 Å². The number of benzene rings is 2. The number of carbonyl (C=O) groups excluding carboxylic acids is 2. The van der Waals surface area contributed by atoms with Crippen LogP contribution in [0.4, 0.5) is 9.52 Å². The predicted molar refractivity (Wildman–Crippen MR) is 111 cm³/mol. The van der Waals surface area contributed by atoms with Gasteiger partial charge in [0.15, 0.2) is 5.13 Å². The molecule has 29 heavy (non-hydrogen) atoms. The number of halogens is 1. The van der Waals surface area contributed by atoms with Gasteiger partial charge in [-0.1, -0.05) is 24.3 Å². The summed E-state index contributed by atoms with van der Waals surface area (Å²) in [5, 5.41) is 5.08. The lowest BCUT2D eigenvalue weighted by Crippen LogP contribution is -2.33. The van der Waals surface area contributed by atoms with Crippen molar-refractivity contribution in [2.24, 2.45) is 0 Å². The molecular formula is C22H18FN3O2S. The first-order valence-electron chi connectivity index (χ1n) is 9.08. The molecule has 0 fully saturated rings. The van der Waals surface area contributed by atoms with Crippen LogP contribution in [0.5, 0.6) is 0 Å². The van der Waals surface area contributed by atoms with Gasteiger partial charge >= 0.3 is 0 Å². The van der Waals surface area contributed by atoms with Crippen molar-refractivity contribution in [3.8, 4) is 11.3 Å². The van der Waals surface area contributed by atoms with Gasteiger partial charge in [0.2, 0.25) is 11.8 Å². The number of nitrogens with one attached hydrogen (secondary N) is 1. The molecule has 5 nitrogen and oxygen atoms in total. The van der Waals surface area contributed by atoms with Crippen LogP contribution >= 0.6 is 11.3 Å². The van der Waals surface area contributed by atoms with E-state index in [-0.39, 0.29) is 30.1 Å². The molecule has 0 bridgehead atoms. The summed E-state index contributed by atoms with van der Waals surface area (Å²) in [6, 6.07) is 13.4. The van der Waals surface area contributed by atoms with E-state index < -0.39 is 0 Å². The normalized spacial score (nSPS) is 15.1. The lowest BCUT2D eigenvalue weighted by atomic mass is 9.93. The summed E-state index contributed by atoms with van der Waals surface area (Å²) in [5.74, 6) is -0.665. The van der Waals surface area contributed by atoms with E-state index in [1.807, 2.05) is 35.7 Å². The van der Waals surface area contributed by atoms with Gasteiger partial charge in [0.25, 0.3) is 0 Å². The second-order valence-electron chi connectivity index (χ2n) is 6.68. The molecule has 1 atom stereocenters. The number of rotatable bonds is 4. The fraction of sp³-hybridized carbons (Fsp3) is 0.136. The molecule has 1 aliphatic heterocycles. The van der Waals surface area contributed by atoms with Crippen molar-refractivity contribution in [2.75, 3.05) is 5.32 Å². The molecule has 0 spiro atoms. The first-order chi connectivity index (χ1) is 14.0. The maximum atomic E-state index is 13.1. The van der Waals surface area contributed by atoms with Crippen LogP contribution in [0.25, 0.3) is 17.3 Å². The molecule has 1 aromatic heterocycles. The Morgan fingerprint density at radius 3 is 2.69 bits per heavy atom. The minimum atomic E-state index is -0.370. The first kappa shape index (κ1) is 19.0. The topological polar surface area (TPSA) is 62.3 Å². The van der Waals surface area contributed by atoms with E-state index in [2.05, 4.69) is 10.3 Å². The van der Waals surface area contributed by atoms with Crippen molar-refractivity contribution in [1.82, 2.24) is 9.88 Å². The second-order valence-corrected chi connectivity index (χ2v) is 7.54. The number of thiazole rings is 1. The largest absolute Gasteiger partial charge is 0.311 e. The number of hydrogen-bond acceptors (Lipinski definition) is 4. The number of hydrogen-bond donors (Lipinski definition) is 1. The SMILES string of the molecule is CC(=O)N1C=Cc2ccccc2C1CC(=O)Nc1nc(-c2ccc(F)cc2)cs1. The van der Waals surface area contributed by atoms with Crippen LogP contribution in [-0.2, 0) is 9.59 Å². The highest BCUT2D eigenvalue weighted by Gasteiger charge is 2.28. The summed E-state index contributed by atoms with van der Waals surface area (Å²) in [4.78, 5) is 30.7. The molecule has 7 heteroatoms. The van der Waals surface area contributed by atoms with Gasteiger partial charge in [-0.25, -0.2) is 9.37 Å². The van der Waals surface area contributed by atoms with E-state index in [1.165, 1.54) is 30.4 Å². The van der Waals surface area contributed by atoms with Crippen LogP contribution in [0.2, 0.25) is 0 Å². The minimum Gasteiger partial charge on any atom is -0.311 e. The number of carbonyl (C=O) groups is 2. The van der Waals surface area contributed by atoms with Crippen molar-refractivity contribution >= 4 is 34.4 Å². The highest BCUT2D eigenvalue weighted by molar-refractivity contribution is 7.14. The van der Waals surface area contributed by atoms with E-state index >= 15 is 0 Å². The number of amides is 2. The van der Waals surface area contributed by atoms with Gasteiger partial charge in [-0.3, -0.25) is 9.59 Å². The maximum Gasteiger partial charge on any atom is 0.228 e. The summed E-state index contributed by atoms with van der Waals surface area (Å²) in [5.41, 5.74) is 3.38. The third-order valence-corrected chi connectivity index (χ3v) is 5.50. The Morgan fingerprint density at radius 1 is 1.17 bits per heavy atom. The van der Waals surface area contributed by atoms with Gasteiger partial charge in [0.1, 0.15) is 5.82 Å². The van der Waals surface area contributed by atoms with Crippen LogP contribution in [0.1, 0.15) is 30.5 Å². The van der Waals surface area contributed by atoms with E-state index in [4.69, 9.17) is 0 Å². The molecule has 2 aromatic carbocycles. The Bertz CT molecular complexity index is 1090. The summed E-state index contributed by atoms with van der Waals surface area (Å²) >= 11 is 1.30. The zero-order valence-electron chi connectivity index (χ0n) is 15.6. The maximum absolute atomic E-state index is 13.1. The van der Waals surface area contributed by atoms with Crippen molar-refractivity contribution in [3.63, 3.8) is 0 Å². The Hall–Kier alpha value is -3.32. The van der Waals surface area contributed by atoms with Crippen molar-refractivity contribution in [1.29, 1.82) is 0 Å². The third kappa shape index (κ3) is 4.09. The van der Waals surface area contributed by atoms with E-state index in [0.717, 1.165) is 16.7 Å². The van der Waals surface area contributed by atoms with Crippen LogP contribution in [0.15, 0.2) is 60.1 Å². The van der Waals surface area contributed by atoms with Gasteiger partial charge in [0.05, 0.1) is 18.2 Å². The Morgan fingerprint density at radius 2 is 1.93 bits per heavy atom. The summed E-state index contributed by atoms with van der Waals surface area (Å²) in [6.45, 7) is 1.49. The zero-order chi connectivity index (χ0) is 20.4. The zero-order valence-corrected chi connectivity index (χ0v) is 16.4. The summed E-state index contributed by atoms with van der Waals surface area (Å²) in [7, 11) is 0. The number of aromatic nitrogens is 1. The minimum absolute atomic E-state index is 0.117. The lowest BCUT2D eigenvalue weighted by Gasteiger charge is -2.32. The Kier molecular flexibility index (Phi) is 5.22. The van der Waals surface area contributed by atoms with Crippen molar-refractivity contribution < 1.29 is 14.0 Å². The lowest BCUT2D eigenvalue weighted by molar-refractivity contribution is -0.129. The number of fused-ring (bicyclic) bond motifs is 1.